The van der Waals surface area contributed by atoms with Crippen molar-refractivity contribution in [2.75, 3.05) is 0 Å². The number of carboxylic acid groups (broad SMARTS) is 2. The van der Waals surface area contributed by atoms with Crippen molar-refractivity contribution in [2.45, 2.75) is 19.5 Å². The molecule has 2 aromatic carbocycles. The number of nitrogens with two attached hydrogens (primary N) is 2. The van der Waals surface area contributed by atoms with Gasteiger partial charge in [-0.25, -0.2) is 0 Å². The summed E-state index contributed by atoms with van der Waals surface area (Å²) in [6.07, 6.45) is 0. The van der Waals surface area contributed by atoms with Gasteiger partial charge in [-0.15, -0.1) is 0 Å². The van der Waals surface area contributed by atoms with Gasteiger partial charge in [-0.05, 0) is 11.1 Å². The maximum absolute atomic E-state index is 9.00. The molecule has 0 aliphatic heterocycles. The minimum atomic E-state index is -0.914. The number of carboxylic acids is 2. The van der Waals surface area contributed by atoms with Crippen molar-refractivity contribution in [2.24, 2.45) is 11.5 Å². The van der Waals surface area contributed by atoms with Crippen LogP contribution in [-0.4, -0.2) is 22.2 Å². The molecule has 0 aromatic heterocycles. The van der Waals surface area contributed by atoms with Crippen molar-refractivity contribution in [1.82, 2.24) is 0 Å². The van der Waals surface area contributed by atoms with Gasteiger partial charge in [-0.2, -0.15) is 0 Å². The molecule has 0 fully saturated rings. The zero-order valence-electron chi connectivity index (χ0n) is 13.1. The monoisotopic (exact) mass is 318 g/mol. The van der Waals surface area contributed by atoms with Crippen LogP contribution in [0.3, 0.4) is 0 Å². The summed E-state index contributed by atoms with van der Waals surface area (Å²) in [6, 6.07) is 19.4. The molecule has 6 heteroatoms. The summed E-state index contributed by atoms with van der Waals surface area (Å²) in [4.78, 5) is 18.0. The predicted molar refractivity (Wildman–Crippen MR) is 88.7 cm³/mol. The van der Waals surface area contributed by atoms with Crippen LogP contribution in [0.4, 0.5) is 0 Å². The standard InChI is InChI=1S/C13H14N2.2C2H4O2/c14-13(15,11-7-3-1-4-8-11)12-9-5-2-6-10-12;2*1-2(3)4/h1-10H,14-15H2;2*1H3,(H,3,4). The molecule has 2 rings (SSSR count). The fourth-order valence-electron chi connectivity index (χ4n) is 1.59. The Labute approximate surface area is 135 Å². The number of benzene rings is 2. The Morgan fingerprint density at radius 2 is 0.957 bits per heavy atom. The average molecular weight is 318 g/mol. The van der Waals surface area contributed by atoms with E-state index in [1.54, 1.807) is 0 Å². The molecule has 0 aliphatic rings. The molecule has 6 N–H and O–H groups in total. The molecule has 0 spiro atoms. The maximum atomic E-state index is 9.00. The minimum Gasteiger partial charge on any atom is -0.481 e. The molecule has 6 nitrogen and oxygen atoms in total. The highest BCUT2D eigenvalue weighted by Gasteiger charge is 2.23. The van der Waals surface area contributed by atoms with Crippen molar-refractivity contribution in [1.29, 1.82) is 0 Å². The van der Waals surface area contributed by atoms with Gasteiger partial charge in [0.2, 0.25) is 0 Å². The average Bonchev–Trinajstić information content (AvgIpc) is 2.48. The number of hydrogen-bond acceptors (Lipinski definition) is 4. The molecule has 124 valence electrons. The Kier molecular flexibility index (Phi) is 8.91. The van der Waals surface area contributed by atoms with Crippen LogP contribution in [0.25, 0.3) is 0 Å². The summed E-state index contributed by atoms with van der Waals surface area (Å²) in [7, 11) is 0. The van der Waals surface area contributed by atoms with Gasteiger partial charge in [0, 0.05) is 13.8 Å². The minimum absolute atomic E-state index is 0.833. The first-order valence-electron chi connectivity index (χ1n) is 6.75. The fourth-order valence-corrected chi connectivity index (χ4v) is 1.59. The Morgan fingerprint density at radius 1 is 0.739 bits per heavy atom. The fraction of sp³-hybridized carbons (Fsp3) is 0.176. The van der Waals surface area contributed by atoms with Crippen molar-refractivity contribution >= 4 is 11.9 Å². The summed E-state index contributed by atoms with van der Waals surface area (Å²) in [5.74, 6) is -1.67. The Balaban J connectivity index is 0.000000509. The lowest BCUT2D eigenvalue weighted by Crippen LogP contribution is -2.46. The third-order valence-electron chi connectivity index (χ3n) is 2.50. The molecule has 23 heavy (non-hydrogen) atoms. The number of carbonyl (C=O) groups is 2. The Bertz CT molecular complexity index is 537. The first-order chi connectivity index (χ1) is 10.7. The third-order valence-corrected chi connectivity index (χ3v) is 2.50. The summed E-state index contributed by atoms with van der Waals surface area (Å²) >= 11 is 0. The van der Waals surface area contributed by atoms with E-state index < -0.39 is 17.6 Å². The maximum Gasteiger partial charge on any atom is 0.300 e. The number of aliphatic carboxylic acids is 2. The van der Waals surface area contributed by atoms with Gasteiger partial charge in [0.05, 0.1) is 0 Å². The first-order valence-corrected chi connectivity index (χ1v) is 6.75. The van der Waals surface area contributed by atoms with Crippen molar-refractivity contribution in [3.8, 4) is 0 Å². The van der Waals surface area contributed by atoms with Gasteiger partial charge in [-0.1, -0.05) is 60.7 Å². The quantitative estimate of drug-likeness (QED) is 0.627. The number of rotatable bonds is 2. The summed E-state index contributed by atoms with van der Waals surface area (Å²) in [6.45, 7) is 2.17. The van der Waals surface area contributed by atoms with Crippen molar-refractivity contribution in [3.63, 3.8) is 0 Å². The van der Waals surface area contributed by atoms with Crippen LogP contribution in [0.5, 0.6) is 0 Å². The van der Waals surface area contributed by atoms with E-state index in [0.717, 1.165) is 25.0 Å². The highest BCUT2D eigenvalue weighted by atomic mass is 16.4. The normalized spacial score (nSPS) is 9.57. The van der Waals surface area contributed by atoms with E-state index in [9.17, 15) is 0 Å². The first kappa shape index (κ1) is 20.3. The van der Waals surface area contributed by atoms with Crippen LogP contribution >= 0.6 is 0 Å². The Hall–Kier alpha value is -2.70. The van der Waals surface area contributed by atoms with Gasteiger partial charge in [0.25, 0.3) is 11.9 Å². The molecule has 0 saturated heterocycles. The second-order valence-electron chi connectivity index (χ2n) is 4.64. The largest absolute Gasteiger partial charge is 0.481 e. The van der Waals surface area contributed by atoms with Crippen LogP contribution in [0.2, 0.25) is 0 Å². The molecule has 0 bridgehead atoms. The Morgan fingerprint density at radius 3 is 1.17 bits per heavy atom. The lowest BCUT2D eigenvalue weighted by atomic mass is 9.93. The van der Waals surface area contributed by atoms with Crippen molar-refractivity contribution < 1.29 is 19.8 Å². The van der Waals surface area contributed by atoms with Gasteiger partial charge >= 0.3 is 0 Å². The molecule has 0 amide bonds. The van der Waals surface area contributed by atoms with E-state index in [2.05, 4.69) is 0 Å². The van der Waals surface area contributed by atoms with E-state index in [-0.39, 0.29) is 0 Å². The summed E-state index contributed by atoms with van der Waals surface area (Å²) in [5, 5.41) is 14.8. The zero-order valence-corrected chi connectivity index (χ0v) is 13.1. The summed E-state index contributed by atoms with van der Waals surface area (Å²) in [5.41, 5.74) is 13.2. The van der Waals surface area contributed by atoms with Gasteiger partial charge in [-0.3, -0.25) is 9.59 Å². The molecule has 0 unspecified atom stereocenters. The van der Waals surface area contributed by atoms with E-state index in [0.29, 0.717) is 0 Å². The smallest absolute Gasteiger partial charge is 0.300 e. The molecule has 2 aromatic rings. The summed E-state index contributed by atoms with van der Waals surface area (Å²) < 4.78 is 0. The lowest BCUT2D eigenvalue weighted by Gasteiger charge is -2.25. The SMILES string of the molecule is CC(=O)O.CC(=O)O.NC(N)(c1ccccc1)c1ccccc1. The van der Waals surface area contributed by atoms with E-state index in [4.69, 9.17) is 31.3 Å². The topological polar surface area (TPSA) is 127 Å². The van der Waals surface area contributed by atoms with Crippen LogP contribution in [0.15, 0.2) is 60.7 Å². The molecule has 0 saturated carbocycles. The zero-order chi connectivity index (χ0) is 17.9. The van der Waals surface area contributed by atoms with Gasteiger partial charge in [0.1, 0.15) is 5.66 Å². The molecule has 0 atom stereocenters. The highest BCUT2D eigenvalue weighted by molar-refractivity contribution is 5.63. The van der Waals surface area contributed by atoms with Crippen LogP contribution in [-0.2, 0) is 15.3 Å². The van der Waals surface area contributed by atoms with Gasteiger partial charge in [0.15, 0.2) is 0 Å². The van der Waals surface area contributed by atoms with E-state index in [1.807, 2.05) is 60.7 Å². The lowest BCUT2D eigenvalue weighted by molar-refractivity contribution is -0.135. The molecule has 0 aliphatic carbocycles. The highest BCUT2D eigenvalue weighted by Crippen LogP contribution is 2.20. The van der Waals surface area contributed by atoms with Gasteiger partial charge < -0.3 is 21.7 Å². The second kappa shape index (κ2) is 10.1. The molecular formula is C17H22N2O4. The number of hydrogen-bond donors (Lipinski definition) is 4. The van der Waals surface area contributed by atoms with E-state index >= 15 is 0 Å². The molecular weight excluding hydrogens is 296 g/mol. The van der Waals surface area contributed by atoms with E-state index in [1.165, 1.54) is 0 Å². The third kappa shape index (κ3) is 9.02. The molecule has 0 heterocycles. The molecule has 0 radical (unpaired) electrons. The second-order valence-corrected chi connectivity index (χ2v) is 4.64. The van der Waals surface area contributed by atoms with Crippen LogP contribution < -0.4 is 11.5 Å². The van der Waals surface area contributed by atoms with Crippen LogP contribution in [0, 0.1) is 0 Å². The van der Waals surface area contributed by atoms with Crippen LogP contribution in [0.1, 0.15) is 25.0 Å². The van der Waals surface area contributed by atoms with Crippen molar-refractivity contribution in [3.05, 3.63) is 71.8 Å². The predicted octanol–water partition coefficient (Wildman–Crippen LogP) is 1.99.